The van der Waals surface area contributed by atoms with Crippen LogP contribution in [0.2, 0.25) is 0 Å². The lowest BCUT2D eigenvalue weighted by atomic mass is 9.81. The van der Waals surface area contributed by atoms with Crippen molar-refractivity contribution in [1.82, 2.24) is 15.5 Å². The van der Waals surface area contributed by atoms with Crippen LogP contribution in [0.3, 0.4) is 0 Å². The van der Waals surface area contributed by atoms with E-state index >= 15 is 0 Å². The Bertz CT molecular complexity index is 749. The van der Waals surface area contributed by atoms with Crippen molar-refractivity contribution in [3.8, 4) is 0 Å². The Morgan fingerprint density at radius 1 is 1.25 bits per heavy atom. The van der Waals surface area contributed by atoms with Gasteiger partial charge in [-0.25, -0.2) is 9.59 Å². The number of hydrogen-bond donors (Lipinski definition) is 4. The molecule has 1 heterocycles. The van der Waals surface area contributed by atoms with Crippen molar-refractivity contribution < 1.29 is 19.5 Å². The molecule has 1 aromatic rings. The lowest BCUT2D eigenvalue weighted by Gasteiger charge is -2.23. The first-order valence-corrected chi connectivity index (χ1v) is 9.73. The van der Waals surface area contributed by atoms with Crippen LogP contribution < -0.4 is 16.0 Å². The number of amides is 4. The first-order valence-electron chi connectivity index (χ1n) is 9.73. The van der Waals surface area contributed by atoms with Crippen molar-refractivity contribution in [1.29, 1.82) is 0 Å². The largest absolute Gasteiger partial charge is 0.481 e. The smallest absolute Gasteiger partial charge is 0.319 e. The van der Waals surface area contributed by atoms with Crippen molar-refractivity contribution in [3.05, 3.63) is 29.8 Å². The van der Waals surface area contributed by atoms with E-state index in [2.05, 4.69) is 16.0 Å². The van der Waals surface area contributed by atoms with Gasteiger partial charge in [0.2, 0.25) is 0 Å². The van der Waals surface area contributed by atoms with Gasteiger partial charge in [0.15, 0.2) is 0 Å². The average molecular weight is 388 g/mol. The summed E-state index contributed by atoms with van der Waals surface area (Å²) in [5.41, 5.74) is 0.806. The number of benzene rings is 1. The van der Waals surface area contributed by atoms with Gasteiger partial charge >= 0.3 is 18.0 Å². The van der Waals surface area contributed by atoms with Gasteiger partial charge in [0.25, 0.3) is 0 Å². The minimum absolute atomic E-state index is 0.0538. The van der Waals surface area contributed by atoms with Crippen molar-refractivity contribution in [3.63, 3.8) is 0 Å². The minimum Gasteiger partial charge on any atom is -0.481 e. The minimum atomic E-state index is -0.783. The number of aliphatic carboxylic acids is 1. The number of likely N-dealkylation sites (tertiary alicyclic amines) is 1. The van der Waals surface area contributed by atoms with Gasteiger partial charge in [-0.3, -0.25) is 4.79 Å². The molecule has 4 N–H and O–H groups in total. The van der Waals surface area contributed by atoms with Crippen LogP contribution in [0.1, 0.15) is 38.7 Å². The number of nitrogens with one attached hydrogen (secondary N) is 3. The van der Waals surface area contributed by atoms with Crippen LogP contribution in [0.4, 0.5) is 15.3 Å². The van der Waals surface area contributed by atoms with Crippen molar-refractivity contribution in [2.75, 3.05) is 18.4 Å². The zero-order chi connectivity index (χ0) is 20.3. The number of nitrogens with zero attached hydrogens (tertiary/aromatic N) is 1. The molecule has 3 rings (SSSR count). The summed E-state index contributed by atoms with van der Waals surface area (Å²) in [6.45, 7) is 4.91. The van der Waals surface area contributed by atoms with Crippen LogP contribution in [-0.4, -0.2) is 47.2 Å². The maximum atomic E-state index is 12.5. The van der Waals surface area contributed by atoms with E-state index in [1.807, 2.05) is 26.0 Å². The van der Waals surface area contributed by atoms with E-state index in [1.54, 1.807) is 17.0 Å². The highest BCUT2D eigenvalue weighted by Gasteiger charge is 2.55. The molecule has 2 fully saturated rings. The summed E-state index contributed by atoms with van der Waals surface area (Å²) in [5, 5.41) is 18.0. The SMILES string of the molecule is CC(C)NC(=O)Nc1ccc(CNC(=O)N2C[C@@H]3CCC[C@@]3(C(=O)O)C2)cc1. The Morgan fingerprint density at radius 3 is 2.57 bits per heavy atom. The fraction of sp³-hybridized carbons (Fsp3) is 0.550. The molecule has 0 unspecified atom stereocenters. The summed E-state index contributed by atoms with van der Waals surface area (Å²) in [7, 11) is 0. The molecule has 0 bridgehead atoms. The van der Waals surface area contributed by atoms with Gasteiger partial charge in [0, 0.05) is 31.4 Å². The summed E-state index contributed by atoms with van der Waals surface area (Å²) in [5.74, 6) is -0.729. The van der Waals surface area contributed by atoms with Crippen LogP contribution in [0.25, 0.3) is 0 Å². The Hall–Kier alpha value is -2.77. The molecule has 4 amide bonds. The van der Waals surface area contributed by atoms with E-state index < -0.39 is 11.4 Å². The van der Waals surface area contributed by atoms with E-state index in [4.69, 9.17) is 0 Å². The second-order valence-electron chi connectivity index (χ2n) is 8.04. The van der Waals surface area contributed by atoms with E-state index in [0.717, 1.165) is 18.4 Å². The number of hydrogen-bond acceptors (Lipinski definition) is 3. The van der Waals surface area contributed by atoms with Gasteiger partial charge in [0.05, 0.1) is 5.41 Å². The van der Waals surface area contributed by atoms with Crippen molar-refractivity contribution in [2.45, 2.75) is 45.7 Å². The number of rotatable bonds is 5. The molecule has 0 aromatic heterocycles. The molecular weight excluding hydrogens is 360 g/mol. The van der Waals surface area contributed by atoms with Crippen molar-refractivity contribution >= 4 is 23.7 Å². The summed E-state index contributed by atoms with van der Waals surface area (Å²) >= 11 is 0. The first kappa shape index (κ1) is 20.0. The van der Waals surface area contributed by atoms with E-state index in [-0.39, 0.29) is 30.6 Å². The van der Waals surface area contributed by atoms with Gasteiger partial charge in [-0.1, -0.05) is 18.6 Å². The molecule has 0 radical (unpaired) electrons. The van der Waals surface area contributed by atoms with Crippen LogP contribution >= 0.6 is 0 Å². The topological polar surface area (TPSA) is 111 Å². The third-order valence-corrected chi connectivity index (χ3v) is 5.66. The summed E-state index contributed by atoms with van der Waals surface area (Å²) in [6, 6.07) is 6.80. The molecule has 1 saturated heterocycles. The Labute approximate surface area is 164 Å². The number of urea groups is 2. The van der Waals surface area contributed by atoms with Crippen LogP contribution in [0.15, 0.2) is 24.3 Å². The van der Waals surface area contributed by atoms with E-state index in [9.17, 15) is 19.5 Å². The molecule has 1 aromatic carbocycles. The normalized spacial score (nSPS) is 23.4. The molecule has 2 aliphatic rings. The molecule has 28 heavy (non-hydrogen) atoms. The Balaban J connectivity index is 1.50. The Morgan fingerprint density at radius 2 is 1.96 bits per heavy atom. The maximum absolute atomic E-state index is 12.5. The maximum Gasteiger partial charge on any atom is 0.319 e. The number of carbonyl (C=O) groups is 3. The molecule has 8 heteroatoms. The quantitative estimate of drug-likeness (QED) is 0.621. The summed E-state index contributed by atoms with van der Waals surface area (Å²) < 4.78 is 0. The monoisotopic (exact) mass is 388 g/mol. The summed E-state index contributed by atoms with van der Waals surface area (Å²) in [6.07, 6.45) is 2.44. The predicted octanol–water partition coefficient (Wildman–Crippen LogP) is 2.61. The van der Waals surface area contributed by atoms with Gasteiger partial charge in [0.1, 0.15) is 0 Å². The molecule has 152 valence electrons. The second-order valence-corrected chi connectivity index (χ2v) is 8.04. The lowest BCUT2D eigenvalue weighted by Crippen LogP contribution is -2.41. The molecule has 2 atom stereocenters. The number of carboxylic acids is 1. The lowest BCUT2D eigenvalue weighted by molar-refractivity contribution is -0.149. The fourth-order valence-electron chi connectivity index (χ4n) is 4.22. The average Bonchev–Trinajstić information content (AvgIpc) is 3.18. The number of anilines is 1. The second kappa shape index (κ2) is 8.08. The first-order chi connectivity index (χ1) is 13.3. The highest BCUT2D eigenvalue weighted by molar-refractivity contribution is 5.89. The standard InChI is InChI=1S/C20H28N4O4/c1-13(2)22-18(27)23-16-7-5-14(6-8-16)10-21-19(28)24-11-15-4-3-9-20(15,12-24)17(25)26/h5-8,13,15H,3-4,9-12H2,1-2H3,(H,21,28)(H,25,26)(H2,22,23,27)/t15-,20+/m0/s1. The van der Waals surface area contributed by atoms with Gasteiger partial charge < -0.3 is 26.0 Å². The highest BCUT2D eigenvalue weighted by Crippen LogP contribution is 2.48. The Kier molecular flexibility index (Phi) is 5.76. The van der Waals surface area contributed by atoms with Crippen LogP contribution in [-0.2, 0) is 11.3 Å². The van der Waals surface area contributed by atoms with Crippen molar-refractivity contribution in [2.24, 2.45) is 11.3 Å². The molecule has 8 nitrogen and oxygen atoms in total. The summed E-state index contributed by atoms with van der Waals surface area (Å²) in [4.78, 5) is 37.5. The number of carbonyl (C=O) groups excluding carboxylic acids is 2. The number of fused-ring (bicyclic) bond motifs is 1. The molecular formula is C20H28N4O4. The third-order valence-electron chi connectivity index (χ3n) is 5.66. The molecule has 1 saturated carbocycles. The van der Waals surface area contributed by atoms with Gasteiger partial charge in [-0.05, 0) is 50.3 Å². The number of carboxylic acid groups (broad SMARTS) is 1. The zero-order valence-electron chi connectivity index (χ0n) is 16.3. The molecule has 1 aliphatic heterocycles. The fourth-order valence-corrected chi connectivity index (χ4v) is 4.22. The van der Waals surface area contributed by atoms with Crippen LogP contribution in [0.5, 0.6) is 0 Å². The zero-order valence-corrected chi connectivity index (χ0v) is 16.3. The molecule has 0 spiro atoms. The molecule has 1 aliphatic carbocycles. The van der Waals surface area contributed by atoms with E-state index in [0.29, 0.717) is 25.2 Å². The predicted molar refractivity (Wildman–Crippen MR) is 105 cm³/mol. The van der Waals surface area contributed by atoms with Crippen LogP contribution in [0, 0.1) is 11.3 Å². The highest BCUT2D eigenvalue weighted by atomic mass is 16.4. The van der Waals surface area contributed by atoms with Gasteiger partial charge in [-0.15, -0.1) is 0 Å². The third kappa shape index (κ3) is 4.21. The van der Waals surface area contributed by atoms with Gasteiger partial charge in [-0.2, -0.15) is 0 Å². The van der Waals surface area contributed by atoms with E-state index in [1.165, 1.54) is 0 Å².